The van der Waals surface area contributed by atoms with Crippen LogP contribution in [0.4, 0.5) is 0 Å². The number of hydrogen-bond acceptors (Lipinski definition) is 4. The summed E-state index contributed by atoms with van der Waals surface area (Å²) in [6.45, 7) is 3.81. The van der Waals surface area contributed by atoms with Gasteiger partial charge in [0.15, 0.2) is 11.5 Å². The molecule has 0 heterocycles. The van der Waals surface area contributed by atoms with Crippen molar-refractivity contribution in [1.82, 2.24) is 4.90 Å². The molecule has 1 aromatic carbocycles. The fourth-order valence-corrected chi connectivity index (χ4v) is 3.58. The molecule has 0 bridgehead atoms. The monoisotopic (exact) mass is 292 g/mol. The Hall–Kier alpha value is -1.26. The summed E-state index contributed by atoms with van der Waals surface area (Å²) in [4.78, 5) is 2.53. The third-order valence-electron chi connectivity index (χ3n) is 4.57. The molecule has 0 radical (unpaired) electrons. The fourth-order valence-electron chi connectivity index (χ4n) is 3.58. The molecule has 0 aliphatic heterocycles. The smallest absolute Gasteiger partial charge is 0.165 e. The second kappa shape index (κ2) is 7.66. The van der Waals surface area contributed by atoms with Gasteiger partial charge < -0.3 is 15.2 Å². The molecule has 2 rings (SSSR count). The van der Waals surface area contributed by atoms with Crippen molar-refractivity contribution in [1.29, 1.82) is 0 Å². The summed E-state index contributed by atoms with van der Waals surface area (Å²) in [5, 5.41) is 0. The Kier molecular flexibility index (Phi) is 5.88. The van der Waals surface area contributed by atoms with E-state index in [2.05, 4.69) is 17.9 Å². The first kappa shape index (κ1) is 16.1. The third-order valence-corrected chi connectivity index (χ3v) is 4.57. The molecule has 0 amide bonds. The lowest BCUT2D eigenvalue weighted by Gasteiger charge is -2.36. The van der Waals surface area contributed by atoms with Gasteiger partial charge in [0.25, 0.3) is 0 Å². The normalized spacial score (nSPS) is 17.2. The molecule has 1 aliphatic carbocycles. The van der Waals surface area contributed by atoms with Crippen molar-refractivity contribution in [3.63, 3.8) is 0 Å². The van der Waals surface area contributed by atoms with Gasteiger partial charge in [-0.3, -0.25) is 4.90 Å². The highest BCUT2D eigenvalue weighted by Gasteiger charge is 2.30. The maximum Gasteiger partial charge on any atom is 0.165 e. The average Bonchev–Trinajstić information content (AvgIpc) is 3.05. The van der Waals surface area contributed by atoms with E-state index in [0.29, 0.717) is 12.6 Å². The van der Waals surface area contributed by atoms with Gasteiger partial charge in [-0.25, -0.2) is 0 Å². The van der Waals surface area contributed by atoms with E-state index in [9.17, 15) is 0 Å². The second-order valence-electron chi connectivity index (χ2n) is 5.60. The van der Waals surface area contributed by atoms with Crippen molar-refractivity contribution >= 4 is 0 Å². The van der Waals surface area contributed by atoms with Gasteiger partial charge in [0.1, 0.15) is 0 Å². The number of benzene rings is 1. The lowest BCUT2D eigenvalue weighted by molar-refractivity contribution is 0.144. The van der Waals surface area contributed by atoms with Gasteiger partial charge >= 0.3 is 0 Å². The van der Waals surface area contributed by atoms with E-state index in [1.807, 2.05) is 12.1 Å². The molecule has 1 unspecified atom stereocenters. The summed E-state index contributed by atoms with van der Waals surface area (Å²) in [6.07, 6.45) is 5.20. The molecule has 0 spiro atoms. The van der Waals surface area contributed by atoms with Crippen molar-refractivity contribution in [2.24, 2.45) is 5.73 Å². The molecule has 1 saturated carbocycles. The van der Waals surface area contributed by atoms with E-state index in [1.165, 1.54) is 25.7 Å². The van der Waals surface area contributed by atoms with Gasteiger partial charge in [-0.15, -0.1) is 0 Å². The molecule has 21 heavy (non-hydrogen) atoms. The minimum atomic E-state index is 0.183. The van der Waals surface area contributed by atoms with Crippen LogP contribution in [0.25, 0.3) is 0 Å². The molecular weight excluding hydrogens is 264 g/mol. The van der Waals surface area contributed by atoms with Crippen LogP contribution in [-0.2, 0) is 0 Å². The Labute approximate surface area is 128 Å². The molecule has 0 aromatic heterocycles. The quantitative estimate of drug-likeness (QED) is 0.839. The Morgan fingerprint density at radius 2 is 1.95 bits per heavy atom. The number of hydrogen-bond donors (Lipinski definition) is 1. The molecule has 4 nitrogen and oxygen atoms in total. The second-order valence-corrected chi connectivity index (χ2v) is 5.60. The summed E-state index contributed by atoms with van der Waals surface area (Å²) in [5.74, 6) is 1.59. The summed E-state index contributed by atoms with van der Waals surface area (Å²) in [5.41, 5.74) is 7.26. The SMILES string of the molecule is CCN(C1CCCC1)C(CN)c1cccc(OC)c1OC. The first-order valence-corrected chi connectivity index (χ1v) is 7.93. The Balaban J connectivity index is 2.35. The van der Waals surface area contributed by atoms with Crippen LogP contribution in [-0.4, -0.2) is 38.3 Å². The maximum absolute atomic E-state index is 6.13. The summed E-state index contributed by atoms with van der Waals surface area (Å²) < 4.78 is 11.0. The first-order valence-electron chi connectivity index (χ1n) is 7.93. The van der Waals surface area contributed by atoms with Crippen LogP contribution in [0.15, 0.2) is 18.2 Å². The molecule has 0 saturated heterocycles. The average molecular weight is 292 g/mol. The van der Waals surface area contributed by atoms with Crippen molar-refractivity contribution in [2.75, 3.05) is 27.3 Å². The van der Waals surface area contributed by atoms with Crippen molar-refractivity contribution in [3.8, 4) is 11.5 Å². The van der Waals surface area contributed by atoms with Gasteiger partial charge in [-0.1, -0.05) is 31.9 Å². The standard InChI is InChI=1S/C17H28N2O2/c1-4-19(13-8-5-6-9-13)15(12-18)14-10-7-11-16(20-2)17(14)21-3/h7,10-11,13,15H,4-6,8-9,12,18H2,1-3H3. The number of para-hydroxylation sites is 1. The number of likely N-dealkylation sites (N-methyl/N-ethyl adjacent to an activating group) is 1. The minimum Gasteiger partial charge on any atom is -0.493 e. The number of ether oxygens (including phenoxy) is 2. The van der Waals surface area contributed by atoms with Crippen molar-refractivity contribution < 1.29 is 9.47 Å². The topological polar surface area (TPSA) is 47.7 Å². The molecule has 1 aromatic rings. The predicted octanol–water partition coefficient (Wildman–Crippen LogP) is 2.97. The number of nitrogens with zero attached hydrogens (tertiary/aromatic N) is 1. The van der Waals surface area contributed by atoms with E-state index < -0.39 is 0 Å². The molecule has 1 fully saturated rings. The van der Waals surface area contributed by atoms with E-state index >= 15 is 0 Å². The van der Waals surface area contributed by atoms with Crippen LogP contribution < -0.4 is 15.2 Å². The Morgan fingerprint density at radius 1 is 1.24 bits per heavy atom. The van der Waals surface area contributed by atoms with E-state index in [1.54, 1.807) is 14.2 Å². The van der Waals surface area contributed by atoms with Crippen LogP contribution in [0.5, 0.6) is 11.5 Å². The van der Waals surface area contributed by atoms with Crippen LogP contribution in [0.1, 0.15) is 44.2 Å². The summed E-state index contributed by atoms with van der Waals surface area (Å²) >= 11 is 0. The maximum atomic E-state index is 6.13. The third kappa shape index (κ3) is 3.33. The molecule has 1 atom stereocenters. The highest BCUT2D eigenvalue weighted by Crippen LogP contribution is 2.38. The largest absolute Gasteiger partial charge is 0.493 e. The highest BCUT2D eigenvalue weighted by molar-refractivity contribution is 5.48. The minimum absolute atomic E-state index is 0.183. The zero-order valence-electron chi connectivity index (χ0n) is 13.5. The predicted molar refractivity (Wildman–Crippen MR) is 86.0 cm³/mol. The zero-order chi connectivity index (χ0) is 15.2. The van der Waals surface area contributed by atoms with Gasteiger partial charge in [0.2, 0.25) is 0 Å². The molecule has 4 heteroatoms. The van der Waals surface area contributed by atoms with Crippen LogP contribution in [0, 0.1) is 0 Å². The van der Waals surface area contributed by atoms with Crippen molar-refractivity contribution in [3.05, 3.63) is 23.8 Å². The Morgan fingerprint density at radius 3 is 2.48 bits per heavy atom. The number of nitrogens with two attached hydrogens (primary N) is 1. The van der Waals surface area contributed by atoms with Gasteiger partial charge in [0.05, 0.1) is 20.3 Å². The lowest BCUT2D eigenvalue weighted by Crippen LogP contribution is -2.40. The number of rotatable bonds is 7. The van der Waals surface area contributed by atoms with Crippen molar-refractivity contribution in [2.45, 2.75) is 44.7 Å². The lowest BCUT2D eigenvalue weighted by atomic mass is 10.0. The molecule has 2 N–H and O–H groups in total. The number of methoxy groups -OCH3 is 2. The molecule has 1 aliphatic rings. The van der Waals surface area contributed by atoms with E-state index in [4.69, 9.17) is 15.2 Å². The molecular formula is C17H28N2O2. The zero-order valence-corrected chi connectivity index (χ0v) is 13.5. The highest BCUT2D eigenvalue weighted by atomic mass is 16.5. The van der Waals surface area contributed by atoms with Crippen LogP contribution in [0.3, 0.4) is 0 Å². The van der Waals surface area contributed by atoms with Gasteiger partial charge in [-0.05, 0) is 25.5 Å². The van der Waals surface area contributed by atoms with Gasteiger partial charge in [0, 0.05) is 18.2 Å². The van der Waals surface area contributed by atoms with Gasteiger partial charge in [-0.2, -0.15) is 0 Å². The molecule has 118 valence electrons. The fraction of sp³-hybridized carbons (Fsp3) is 0.647. The van der Waals surface area contributed by atoms with E-state index in [-0.39, 0.29) is 6.04 Å². The summed E-state index contributed by atoms with van der Waals surface area (Å²) in [7, 11) is 3.37. The van der Waals surface area contributed by atoms with E-state index in [0.717, 1.165) is 23.6 Å². The Bertz CT molecular complexity index is 444. The summed E-state index contributed by atoms with van der Waals surface area (Å²) in [6, 6.07) is 6.88. The van der Waals surface area contributed by atoms with Crippen LogP contribution in [0.2, 0.25) is 0 Å². The first-order chi connectivity index (χ1) is 10.3. The van der Waals surface area contributed by atoms with Crippen LogP contribution >= 0.6 is 0 Å².